The minimum Gasteiger partial charge on any atom is -0.379 e. The first-order valence-electron chi connectivity index (χ1n) is 10.4. The van der Waals surface area contributed by atoms with Crippen LogP contribution in [0.2, 0.25) is 5.02 Å². The average Bonchev–Trinajstić information content (AvgIpc) is 3.43. The molecular formula is C23H22ClFN4OS. The van der Waals surface area contributed by atoms with Crippen LogP contribution < -0.4 is 5.32 Å². The van der Waals surface area contributed by atoms with E-state index in [1.54, 1.807) is 12.3 Å². The van der Waals surface area contributed by atoms with E-state index in [1.807, 2.05) is 5.38 Å². The molecule has 1 unspecified atom stereocenters. The van der Waals surface area contributed by atoms with Crippen LogP contribution in [0.1, 0.15) is 29.5 Å². The first kappa shape index (κ1) is 20.7. The molecule has 1 atom stereocenters. The smallest absolute Gasteiger partial charge is 0.163 e. The van der Waals surface area contributed by atoms with Crippen molar-refractivity contribution in [3.8, 4) is 11.8 Å². The zero-order valence-corrected chi connectivity index (χ0v) is 18.5. The van der Waals surface area contributed by atoms with Gasteiger partial charge in [0, 0.05) is 53.4 Å². The summed E-state index contributed by atoms with van der Waals surface area (Å²) < 4.78 is 19.3. The van der Waals surface area contributed by atoms with E-state index in [0.29, 0.717) is 23.3 Å². The van der Waals surface area contributed by atoms with Gasteiger partial charge in [0.15, 0.2) is 10.8 Å². The van der Waals surface area contributed by atoms with Crippen molar-refractivity contribution in [2.45, 2.75) is 18.9 Å². The Kier molecular flexibility index (Phi) is 6.06. The second-order valence-electron chi connectivity index (χ2n) is 7.83. The predicted molar refractivity (Wildman–Crippen MR) is 121 cm³/mol. The summed E-state index contributed by atoms with van der Waals surface area (Å²) in [5, 5.41) is 6.58. The van der Waals surface area contributed by atoms with E-state index in [2.05, 4.69) is 27.0 Å². The molecule has 3 heterocycles. The molecule has 0 radical (unpaired) electrons. The van der Waals surface area contributed by atoms with Gasteiger partial charge in [-0.2, -0.15) is 0 Å². The highest BCUT2D eigenvalue weighted by Crippen LogP contribution is 2.36. The Labute approximate surface area is 190 Å². The maximum absolute atomic E-state index is 13.8. The molecule has 3 aliphatic rings. The summed E-state index contributed by atoms with van der Waals surface area (Å²) in [5.41, 5.74) is 2.64. The number of aliphatic imine (C=N–C) groups is 1. The number of aromatic nitrogens is 1. The summed E-state index contributed by atoms with van der Waals surface area (Å²) in [6, 6.07) is 4.07. The Hall–Kier alpha value is -2.24. The number of hydrogen-bond acceptors (Lipinski definition) is 6. The Morgan fingerprint density at radius 3 is 2.84 bits per heavy atom. The van der Waals surface area contributed by atoms with Crippen LogP contribution in [0.25, 0.3) is 0 Å². The zero-order valence-electron chi connectivity index (χ0n) is 16.9. The number of hydrogen-bond donors (Lipinski definition) is 1. The monoisotopic (exact) mass is 456 g/mol. The topological polar surface area (TPSA) is 49.8 Å². The van der Waals surface area contributed by atoms with Gasteiger partial charge in [0.25, 0.3) is 0 Å². The SMILES string of the molecule is Fc1ccc(C2N=C(c3nccs3)NC(CN3CCOCC3)=C2C#CC2CC2)c(Cl)c1. The number of amidine groups is 1. The lowest BCUT2D eigenvalue weighted by Crippen LogP contribution is -2.42. The van der Waals surface area contributed by atoms with Gasteiger partial charge in [-0.15, -0.1) is 11.3 Å². The second-order valence-corrected chi connectivity index (χ2v) is 9.13. The molecule has 8 heteroatoms. The molecule has 5 rings (SSSR count). The number of nitrogens with zero attached hydrogens (tertiary/aromatic N) is 3. The van der Waals surface area contributed by atoms with Crippen molar-refractivity contribution in [3.63, 3.8) is 0 Å². The Bertz CT molecular complexity index is 1080. The van der Waals surface area contributed by atoms with Crippen LogP contribution in [0.4, 0.5) is 4.39 Å². The van der Waals surface area contributed by atoms with E-state index in [9.17, 15) is 4.39 Å². The van der Waals surface area contributed by atoms with Crippen molar-refractivity contribution in [1.29, 1.82) is 0 Å². The van der Waals surface area contributed by atoms with Crippen molar-refractivity contribution < 1.29 is 9.13 Å². The molecule has 1 N–H and O–H groups in total. The van der Waals surface area contributed by atoms with Crippen molar-refractivity contribution >= 4 is 28.8 Å². The van der Waals surface area contributed by atoms with E-state index < -0.39 is 6.04 Å². The van der Waals surface area contributed by atoms with Crippen LogP contribution in [-0.2, 0) is 4.74 Å². The standard InChI is InChI=1S/C23H22ClFN4OS/c24-19-13-16(25)4-6-17(19)21-18(5-3-15-1-2-15)20(14-29-8-10-30-11-9-29)27-22(28-21)23-26-7-12-31-23/h4,6-7,12-13,15,21H,1-2,8-11,14H2,(H,27,28). The Morgan fingerprint density at radius 1 is 1.29 bits per heavy atom. The molecule has 1 saturated heterocycles. The number of ether oxygens (including phenoxy) is 1. The summed E-state index contributed by atoms with van der Waals surface area (Å²) in [6.07, 6.45) is 4.04. The van der Waals surface area contributed by atoms with Crippen LogP contribution in [0, 0.1) is 23.6 Å². The highest BCUT2D eigenvalue weighted by atomic mass is 35.5. The van der Waals surface area contributed by atoms with E-state index in [1.165, 1.54) is 23.5 Å². The van der Waals surface area contributed by atoms with Gasteiger partial charge in [-0.05, 0) is 25.0 Å². The average molecular weight is 457 g/mol. The van der Waals surface area contributed by atoms with Crippen molar-refractivity contribution in [1.82, 2.24) is 15.2 Å². The molecule has 0 spiro atoms. The third kappa shape index (κ3) is 4.83. The van der Waals surface area contributed by atoms with Crippen LogP contribution in [0.15, 0.2) is 46.0 Å². The molecule has 2 fully saturated rings. The first-order chi connectivity index (χ1) is 15.2. The van der Waals surface area contributed by atoms with E-state index >= 15 is 0 Å². The van der Waals surface area contributed by atoms with Gasteiger partial charge in [0.1, 0.15) is 11.9 Å². The third-order valence-corrected chi connectivity index (χ3v) is 6.60. The highest BCUT2D eigenvalue weighted by molar-refractivity contribution is 7.11. The van der Waals surface area contributed by atoms with Gasteiger partial charge in [0.2, 0.25) is 0 Å². The minimum absolute atomic E-state index is 0.352. The lowest BCUT2D eigenvalue weighted by atomic mass is 9.95. The molecular weight excluding hydrogens is 435 g/mol. The van der Waals surface area contributed by atoms with Gasteiger partial charge in [-0.3, -0.25) is 9.89 Å². The van der Waals surface area contributed by atoms with Crippen molar-refractivity contribution in [2.75, 3.05) is 32.8 Å². The maximum Gasteiger partial charge on any atom is 0.163 e. The molecule has 31 heavy (non-hydrogen) atoms. The number of morpholine rings is 1. The maximum atomic E-state index is 13.8. The molecule has 0 amide bonds. The summed E-state index contributed by atoms with van der Waals surface area (Å²) in [4.78, 5) is 11.7. The fourth-order valence-corrected chi connectivity index (χ4v) is 4.52. The normalized spacial score (nSPS) is 21.9. The second kappa shape index (κ2) is 9.09. The number of thiazole rings is 1. The Balaban J connectivity index is 1.59. The number of nitrogens with one attached hydrogen (secondary N) is 1. The molecule has 160 valence electrons. The summed E-state index contributed by atoms with van der Waals surface area (Å²) in [5.74, 6) is 7.57. The summed E-state index contributed by atoms with van der Waals surface area (Å²) in [7, 11) is 0. The van der Waals surface area contributed by atoms with Gasteiger partial charge in [-0.1, -0.05) is 29.5 Å². The molecule has 5 nitrogen and oxygen atoms in total. The first-order valence-corrected chi connectivity index (χ1v) is 11.7. The molecule has 2 aromatic rings. The van der Waals surface area contributed by atoms with E-state index in [-0.39, 0.29) is 5.82 Å². The van der Waals surface area contributed by atoms with Gasteiger partial charge >= 0.3 is 0 Å². The van der Waals surface area contributed by atoms with E-state index in [0.717, 1.165) is 61.0 Å². The lowest BCUT2D eigenvalue weighted by Gasteiger charge is -2.31. The van der Waals surface area contributed by atoms with Gasteiger partial charge in [-0.25, -0.2) is 9.37 Å². The minimum atomic E-state index is -0.407. The molecule has 1 aromatic carbocycles. The van der Waals surface area contributed by atoms with Gasteiger partial charge in [0.05, 0.1) is 18.8 Å². The summed E-state index contributed by atoms with van der Waals surface area (Å²) in [6.45, 7) is 3.87. The zero-order chi connectivity index (χ0) is 21.2. The molecule has 2 aliphatic heterocycles. The quantitative estimate of drug-likeness (QED) is 0.706. The van der Waals surface area contributed by atoms with Crippen LogP contribution in [0.3, 0.4) is 0 Å². The van der Waals surface area contributed by atoms with Crippen molar-refractivity contribution in [3.05, 3.63) is 62.5 Å². The fraction of sp³-hybridized carbons (Fsp3) is 0.391. The molecule has 1 saturated carbocycles. The highest BCUT2D eigenvalue weighted by Gasteiger charge is 2.30. The lowest BCUT2D eigenvalue weighted by molar-refractivity contribution is 0.0417. The van der Waals surface area contributed by atoms with Crippen LogP contribution >= 0.6 is 22.9 Å². The summed E-state index contributed by atoms with van der Waals surface area (Å²) >= 11 is 8.00. The predicted octanol–water partition coefficient (Wildman–Crippen LogP) is 4.03. The molecule has 1 aliphatic carbocycles. The van der Waals surface area contributed by atoms with Gasteiger partial charge < -0.3 is 10.1 Å². The Morgan fingerprint density at radius 2 is 2.13 bits per heavy atom. The number of halogens is 2. The largest absolute Gasteiger partial charge is 0.379 e. The molecule has 0 bridgehead atoms. The number of rotatable bonds is 4. The fourth-order valence-electron chi connectivity index (χ4n) is 3.66. The third-order valence-electron chi connectivity index (χ3n) is 5.49. The number of benzene rings is 1. The van der Waals surface area contributed by atoms with E-state index in [4.69, 9.17) is 21.3 Å². The van der Waals surface area contributed by atoms with Crippen LogP contribution in [-0.4, -0.2) is 48.6 Å². The van der Waals surface area contributed by atoms with Crippen molar-refractivity contribution in [2.24, 2.45) is 10.9 Å². The van der Waals surface area contributed by atoms with Crippen LogP contribution in [0.5, 0.6) is 0 Å². The molecule has 1 aromatic heterocycles.